The molecule has 0 aromatic heterocycles. The molecule has 0 radical (unpaired) electrons. The summed E-state index contributed by atoms with van der Waals surface area (Å²) >= 11 is 0. The zero-order valence-electron chi connectivity index (χ0n) is 11.3. The molecule has 0 saturated heterocycles. The van der Waals surface area contributed by atoms with E-state index in [1.807, 2.05) is 31.2 Å². The quantitative estimate of drug-likeness (QED) is 0.595. The lowest BCUT2D eigenvalue weighted by atomic mass is 10.1. The van der Waals surface area contributed by atoms with Gasteiger partial charge in [-0.15, -0.1) is 0 Å². The molecule has 2 nitrogen and oxygen atoms in total. The minimum atomic E-state index is -0.589. The first-order chi connectivity index (χ1) is 9.56. The SMILES string of the molecule is Cc1ccc(C=NN=Cc2cc(F)c(C)c(F)c2)cc1. The zero-order chi connectivity index (χ0) is 14.5. The third-order valence-corrected chi connectivity index (χ3v) is 2.86. The van der Waals surface area contributed by atoms with Gasteiger partial charge in [0.1, 0.15) is 11.6 Å². The van der Waals surface area contributed by atoms with Crippen molar-refractivity contribution in [1.82, 2.24) is 0 Å². The van der Waals surface area contributed by atoms with Gasteiger partial charge in [-0.1, -0.05) is 29.8 Å². The van der Waals surface area contributed by atoms with Crippen molar-refractivity contribution in [3.05, 3.63) is 70.3 Å². The minimum Gasteiger partial charge on any atom is -0.207 e. The van der Waals surface area contributed by atoms with Crippen LogP contribution < -0.4 is 0 Å². The van der Waals surface area contributed by atoms with Gasteiger partial charge in [0.25, 0.3) is 0 Å². The summed E-state index contributed by atoms with van der Waals surface area (Å²) in [5.74, 6) is -1.18. The molecule has 0 spiro atoms. The van der Waals surface area contributed by atoms with E-state index in [1.54, 1.807) is 6.21 Å². The number of nitrogens with zero attached hydrogens (tertiary/aromatic N) is 2. The van der Waals surface area contributed by atoms with Gasteiger partial charge in [0, 0.05) is 11.1 Å². The number of rotatable bonds is 3. The highest BCUT2D eigenvalue weighted by Gasteiger charge is 2.04. The molecule has 2 aromatic carbocycles. The Labute approximate surface area is 116 Å². The monoisotopic (exact) mass is 272 g/mol. The Balaban J connectivity index is 2.08. The molecule has 20 heavy (non-hydrogen) atoms. The molecule has 0 fully saturated rings. The number of hydrogen-bond donors (Lipinski definition) is 0. The third kappa shape index (κ3) is 3.57. The van der Waals surface area contributed by atoms with Crippen LogP contribution in [0.1, 0.15) is 22.3 Å². The zero-order valence-corrected chi connectivity index (χ0v) is 11.3. The summed E-state index contributed by atoms with van der Waals surface area (Å²) in [7, 11) is 0. The fraction of sp³-hybridized carbons (Fsp3) is 0.125. The van der Waals surface area contributed by atoms with Crippen LogP contribution in [0.3, 0.4) is 0 Å². The van der Waals surface area contributed by atoms with E-state index in [2.05, 4.69) is 10.2 Å². The molecule has 4 heteroatoms. The van der Waals surface area contributed by atoms with Gasteiger partial charge >= 0.3 is 0 Å². The van der Waals surface area contributed by atoms with Crippen LogP contribution in [0.15, 0.2) is 46.6 Å². The van der Waals surface area contributed by atoms with E-state index in [9.17, 15) is 8.78 Å². The van der Waals surface area contributed by atoms with E-state index >= 15 is 0 Å². The Morgan fingerprint density at radius 2 is 1.30 bits per heavy atom. The predicted octanol–water partition coefficient (Wildman–Crippen LogP) is 4.03. The molecule has 0 N–H and O–H groups in total. The summed E-state index contributed by atoms with van der Waals surface area (Å²) in [5, 5.41) is 7.63. The van der Waals surface area contributed by atoms with Crippen LogP contribution in [0.2, 0.25) is 0 Å². The van der Waals surface area contributed by atoms with Crippen LogP contribution in [-0.2, 0) is 0 Å². The summed E-state index contributed by atoms with van der Waals surface area (Å²) in [4.78, 5) is 0. The molecular formula is C16H14F2N2. The summed E-state index contributed by atoms with van der Waals surface area (Å²) in [6, 6.07) is 10.2. The number of aryl methyl sites for hydroxylation is 1. The minimum absolute atomic E-state index is 0.00491. The normalized spacial score (nSPS) is 11.6. The maximum atomic E-state index is 13.3. The molecule has 0 aliphatic rings. The fourth-order valence-corrected chi connectivity index (χ4v) is 1.59. The van der Waals surface area contributed by atoms with Crippen molar-refractivity contribution in [2.75, 3.05) is 0 Å². The summed E-state index contributed by atoms with van der Waals surface area (Å²) < 4.78 is 26.6. The van der Waals surface area contributed by atoms with Gasteiger partial charge in [-0.05, 0) is 31.5 Å². The van der Waals surface area contributed by atoms with Crippen LogP contribution in [0, 0.1) is 25.5 Å². The molecule has 0 saturated carbocycles. The molecule has 0 unspecified atom stereocenters. The molecule has 2 rings (SSSR count). The van der Waals surface area contributed by atoms with Crippen LogP contribution in [0.5, 0.6) is 0 Å². The van der Waals surface area contributed by atoms with Gasteiger partial charge in [0.15, 0.2) is 0 Å². The maximum Gasteiger partial charge on any atom is 0.129 e. The lowest BCUT2D eigenvalue weighted by Crippen LogP contribution is -1.92. The van der Waals surface area contributed by atoms with Gasteiger partial charge in [0.2, 0.25) is 0 Å². The van der Waals surface area contributed by atoms with E-state index in [0.29, 0.717) is 5.56 Å². The van der Waals surface area contributed by atoms with E-state index in [0.717, 1.165) is 11.1 Å². The summed E-state index contributed by atoms with van der Waals surface area (Å²) in [5.41, 5.74) is 2.42. The van der Waals surface area contributed by atoms with Gasteiger partial charge in [-0.25, -0.2) is 8.78 Å². The van der Waals surface area contributed by atoms with E-state index < -0.39 is 11.6 Å². The summed E-state index contributed by atoms with van der Waals surface area (Å²) in [6.45, 7) is 3.39. The van der Waals surface area contributed by atoms with Crippen molar-refractivity contribution >= 4 is 12.4 Å². The smallest absolute Gasteiger partial charge is 0.129 e. The average molecular weight is 272 g/mol. The number of hydrogen-bond acceptors (Lipinski definition) is 2. The third-order valence-electron chi connectivity index (χ3n) is 2.86. The van der Waals surface area contributed by atoms with Gasteiger partial charge in [-0.2, -0.15) is 10.2 Å². The van der Waals surface area contributed by atoms with Crippen molar-refractivity contribution in [2.45, 2.75) is 13.8 Å². The second-order valence-corrected chi connectivity index (χ2v) is 4.51. The highest BCUT2D eigenvalue weighted by atomic mass is 19.1. The molecule has 0 bridgehead atoms. The molecule has 0 aliphatic heterocycles. The van der Waals surface area contributed by atoms with Gasteiger partial charge in [-0.3, -0.25) is 0 Å². The van der Waals surface area contributed by atoms with E-state index in [4.69, 9.17) is 0 Å². The van der Waals surface area contributed by atoms with Crippen molar-refractivity contribution in [2.24, 2.45) is 10.2 Å². The van der Waals surface area contributed by atoms with Crippen molar-refractivity contribution < 1.29 is 8.78 Å². The Hall–Kier alpha value is -2.36. The average Bonchev–Trinajstić information content (AvgIpc) is 2.43. The highest BCUT2D eigenvalue weighted by molar-refractivity contribution is 5.82. The Bertz CT molecular complexity index is 636. The van der Waals surface area contributed by atoms with Crippen LogP contribution in [0.4, 0.5) is 8.78 Å². The number of halogens is 2. The lowest BCUT2D eigenvalue weighted by Gasteiger charge is -1.99. The van der Waals surface area contributed by atoms with Crippen molar-refractivity contribution in [3.8, 4) is 0 Å². The molecule has 102 valence electrons. The fourth-order valence-electron chi connectivity index (χ4n) is 1.59. The summed E-state index contributed by atoms with van der Waals surface area (Å²) in [6.07, 6.45) is 2.90. The highest BCUT2D eigenvalue weighted by Crippen LogP contribution is 2.12. The Morgan fingerprint density at radius 1 is 0.800 bits per heavy atom. The van der Waals surface area contributed by atoms with Gasteiger partial charge < -0.3 is 0 Å². The van der Waals surface area contributed by atoms with E-state index in [-0.39, 0.29) is 5.56 Å². The molecular weight excluding hydrogens is 258 g/mol. The van der Waals surface area contributed by atoms with Crippen molar-refractivity contribution in [1.29, 1.82) is 0 Å². The van der Waals surface area contributed by atoms with Gasteiger partial charge in [0.05, 0.1) is 12.4 Å². The van der Waals surface area contributed by atoms with Crippen LogP contribution in [-0.4, -0.2) is 12.4 Å². The molecule has 0 aliphatic carbocycles. The number of benzene rings is 2. The first-order valence-corrected chi connectivity index (χ1v) is 6.15. The largest absolute Gasteiger partial charge is 0.207 e. The second-order valence-electron chi connectivity index (χ2n) is 4.51. The lowest BCUT2D eigenvalue weighted by molar-refractivity contribution is 0.568. The second kappa shape index (κ2) is 6.19. The standard InChI is InChI=1S/C16H14F2N2/c1-11-3-5-13(6-4-11)9-19-20-10-14-7-15(17)12(2)16(18)8-14/h3-10H,1-2H3. The van der Waals surface area contributed by atoms with Crippen molar-refractivity contribution in [3.63, 3.8) is 0 Å². The first kappa shape index (κ1) is 14.1. The van der Waals surface area contributed by atoms with Crippen LogP contribution >= 0.6 is 0 Å². The molecule has 0 atom stereocenters. The van der Waals surface area contributed by atoms with E-state index in [1.165, 1.54) is 25.3 Å². The first-order valence-electron chi connectivity index (χ1n) is 6.15. The molecule has 2 aromatic rings. The Morgan fingerprint density at radius 3 is 1.85 bits per heavy atom. The Kier molecular flexibility index (Phi) is 4.35. The van der Waals surface area contributed by atoms with Crippen LogP contribution in [0.25, 0.3) is 0 Å². The molecule has 0 heterocycles. The maximum absolute atomic E-state index is 13.3. The topological polar surface area (TPSA) is 24.7 Å². The predicted molar refractivity (Wildman–Crippen MR) is 77.5 cm³/mol. The molecule has 0 amide bonds.